The van der Waals surface area contributed by atoms with E-state index in [0.717, 1.165) is 0 Å². The number of rotatable bonds is 0. The monoisotopic (exact) mass is 171 g/mol. The molecule has 1 heteroatoms. The third kappa shape index (κ3) is 1.50. The van der Waals surface area contributed by atoms with Crippen LogP contribution in [0.1, 0.15) is 11.1 Å². The Morgan fingerprint density at radius 2 is 2.00 bits per heavy atom. The largest absolute Gasteiger partial charge is 0.351 e. The Kier molecular flexibility index (Phi) is 1.93. The van der Waals surface area contributed by atoms with Gasteiger partial charge >= 0.3 is 0 Å². The van der Waals surface area contributed by atoms with Crippen molar-refractivity contribution in [3.05, 3.63) is 47.7 Å². The minimum atomic E-state index is 1.26. The molecule has 0 spiro atoms. The Hall–Kier alpha value is -1.50. The molecule has 1 heterocycles. The first-order valence-corrected chi connectivity index (χ1v) is 4.46. The summed E-state index contributed by atoms with van der Waals surface area (Å²) in [5.41, 5.74) is 3.85. The highest BCUT2D eigenvalue weighted by Gasteiger charge is 2.04. The average molecular weight is 171 g/mol. The van der Waals surface area contributed by atoms with Gasteiger partial charge in [0.1, 0.15) is 0 Å². The molecular formula is C12H13N. The van der Waals surface area contributed by atoms with Crippen LogP contribution in [0.25, 0.3) is 6.08 Å². The first kappa shape index (κ1) is 8.11. The van der Waals surface area contributed by atoms with Crippen molar-refractivity contribution in [3.63, 3.8) is 0 Å². The molecule has 1 aliphatic heterocycles. The standard InChI is InChI=1S/C12H13N/c1-10-6-7-12-11(9-10)5-3-4-8-13(12)2/h3-9H,1-2H3. The number of hydrogen-bond acceptors (Lipinski definition) is 1. The van der Waals surface area contributed by atoms with Gasteiger partial charge < -0.3 is 4.90 Å². The van der Waals surface area contributed by atoms with Gasteiger partial charge in [-0.3, -0.25) is 0 Å². The van der Waals surface area contributed by atoms with Crippen molar-refractivity contribution in [1.29, 1.82) is 0 Å². The molecule has 0 bridgehead atoms. The minimum Gasteiger partial charge on any atom is -0.351 e. The fourth-order valence-electron chi connectivity index (χ4n) is 1.55. The Morgan fingerprint density at radius 1 is 1.15 bits per heavy atom. The summed E-state index contributed by atoms with van der Waals surface area (Å²) in [7, 11) is 2.07. The van der Waals surface area contributed by atoms with Crippen molar-refractivity contribution >= 4 is 11.8 Å². The number of allylic oxidation sites excluding steroid dienone is 2. The maximum absolute atomic E-state index is 2.20. The number of aryl methyl sites for hydroxylation is 1. The van der Waals surface area contributed by atoms with Crippen LogP contribution in [0.4, 0.5) is 5.69 Å². The van der Waals surface area contributed by atoms with E-state index in [0.29, 0.717) is 0 Å². The van der Waals surface area contributed by atoms with Gasteiger partial charge in [-0.2, -0.15) is 0 Å². The van der Waals surface area contributed by atoms with Crippen molar-refractivity contribution in [3.8, 4) is 0 Å². The van der Waals surface area contributed by atoms with Crippen molar-refractivity contribution in [2.75, 3.05) is 11.9 Å². The van der Waals surface area contributed by atoms with Crippen LogP contribution in [0, 0.1) is 6.92 Å². The molecule has 0 atom stereocenters. The lowest BCUT2D eigenvalue weighted by atomic mass is 10.1. The molecule has 2 rings (SSSR count). The van der Waals surface area contributed by atoms with E-state index in [1.165, 1.54) is 16.8 Å². The molecule has 0 aliphatic carbocycles. The molecule has 13 heavy (non-hydrogen) atoms. The molecule has 1 aliphatic rings. The number of benzene rings is 1. The molecule has 0 unspecified atom stereocenters. The SMILES string of the molecule is Cc1ccc2c(c1)C=CC=CN2C. The zero-order valence-corrected chi connectivity index (χ0v) is 7.99. The second-order valence-electron chi connectivity index (χ2n) is 3.37. The topological polar surface area (TPSA) is 3.24 Å². The molecule has 0 saturated carbocycles. The summed E-state index contributed by atoms with van der Waals surface area (Å²) in [6, 6.07) is 6.50. The van der Waals surface area contributed by atoms with Crippen molar-refractivity contribution in [2.45, 2.75) is 6.92 Å². The summed E-state index contributed by atoms with van der Waals surface area (Å²) in [5, 5.41) is 0. The minimum absolute atomic E-state index is 1.26. The Bertz CT molecular complexity index is 375. The van der Waals surface area contributed by atoms with E-state index in [1.807, 2.05) is 0 Å². The van der Waals surface area contributed by atoms with Gasteiger partial charge in [0.25, 0.3) is 0 Å². The lowest BCUT2D eigenvalue weighted by molar-refractivity contribution is 1.20. The third-order valence-electron chi connectivity index (χ3n) is 2.26. The Morgan fingerprint density at radius 3 is 2.85 bits per heavy atom. The van der Waals surface area contributed by atoms with Crippen LogP contribution in [0.15, 0.2) is 36.6 Å². The molecule has 0 fully saturated rings. The quantitative estimate of drug-likeness (QED) is 0.580. The first-order chi connectivity index (χ1) is 6.27. The van der Waals surface area contributed by atoms with E-state index in [4.69, 9.17) is 0 Å². The molecule has 1 aromatic rings. The molecule has 1 aromatic carbocycles. The molecule has 0 aromatic heterocycles. The summed E-state index contributed by atoms with van der Waals surface area (Å²) in [4.78, 5) is 2.13. The van der Waals surface area contributed by atoms with Crippen LogP contribution >= 0.6 is 0 Å². The molecule has 0 N–H and O–H groups in total. The fraction of sp³-hybridized carbons (Fsp3) is 0.167. The van der Waals surface area contributed by atoms with E-state index >= 15 is 0 Å². The van der Waals surface area contributed by atoms with Gasteiger partial charge in [0.2, 0.25) is 0 Å². The van der Waals surface area contributed by atoms with Gasteiger partial charge in [0.15, 0.2) is 0 Å². The first-order valence-electron chi connectivity index (χ1n) is 4.46. The summed E-state index contributed by atoms with van der Waals surface area (Å²) in [5.74, 6) is 0. The predicted octanol–water partition coefficient (Wildman–Crippen LogP) is 2.97. The highest BCUT2D eigenvalue weighted by molar-refractivity contribution is 5.71. The van der Waals surface area contributed by atoms with Gasteiger partial charge in [-0.1, -0.05) is 23.8 Å². The third-order valence-corrected chi connectivity index (χ3v) is 2.26. The van der Waals surface area contributed by atoms with E-state index < -0.39 is 0 Å². The van der Waals surface area contributed by atoms with Crippen LogP contribution < -0.4 is 4.90 Å². The van der Waals surface area contributed by atoms with Gasteiger partial charge in [0.05, 0.1) is 0 Å². The highest BCUT2D eigenvalue weighted by Crippen LogP contribution is 2.24. The Balaban J connectivity index is 2.57. The average Bonchev–Trinajstić information content (AvgIpc) is 2.28. The second kappa shape index (κ2) is 3.09. The van der Waals surface area contributed by atoms with E-state index in [-0.39, 0.29) is 0 Å². The van der Waals surface area contributed by atoms with Crippen LogP contribution in [0.5, 0.6) is 0 Å². The van der Waals surface area contributed by atoms with Crippen molar-refractivity contribution in [2.24, 2.45) is 0 Å². The summed E-state index contributed by atoms with van der Waals surface area (Å²) in [6.07, 6.45) is 8.33. The van der Waals surface area contributed by atoms with Gasteiger partial charge in [-0.25, -0.2) is 0 Å². The maximum Gasteiger partial charge on any atom is 0.0477 e. The lowest BCUT2D eigenvalue weighted by Crippen LogP contribution is -2.08. The molecule has 0 radical (unpaired) electrons. The summed E-state index contributed by atoms with van der Waals surface area (Å²) < 4.78 is 0. The molecule has 1 nitrogen and oxygen atoms in total. The number of fused-ring (bicyclic) bond motifs is 1. The van der Waals surface area contributed by atoms with Crippen LogP contribution in [-0.4, -0.2) is 7.05 Å². The fourth-order valence-corrected chi connectivity index (χ4v) is 1.55. The molecule has 66 valence electrons. The normalized spacial score (nSPS) is 14.2. The Labute approximate surface area is 79.0 Å². The molecule has 0 saturated heterocycles. The summed E-state index contributed by atoms with van der Waals surface area (Å²) >= 11 is 0. The predicted molar refractivity (Wildman–Crippen MR) is 57.8 cm³/mol. The van der Waals surface area contributed by atoms with Crippen LogP contribution in [0.2, 0.25) is 0 Å². The van der Waals surface area contributed by atoms with Crippen LogP contribution in [0.3, 0.4) is 0 Å². The smallest absolute Gasteiger partial charge is 0.0477 e. The maximum atomic E-state index is 2.20. The lowest BCUT2D eigenvalue weighted by Gasteiger charge is -2.15. The molecular weight excluding hydrogens is 158 g/mol. The molecule has 0 amide bonds. The number of anilines is 1. The second-order valence-corrected chi connectivity index (χ2v) is 3.37. The number of nitrogens with zero attached hydrogens (tertiary/aromatic N) is 1. The van der Waals surface area contributed by atoms with Gasteiger partial charge in [-0.15, -0.1) is 0 Å². The van der Waals surface area contributed by atoms with E-state index in [2.05, 4.69) is 61.5 Å². The van der Waals surface area contributed by atoms with Crippen LogP contribution in [-0.2, 0) is 0 Å². The van der Waals surface area contributed by atoms with Gasteiger partial charge in [0, 0.05) is 18.9 Å². The zero-order valence-electron chi connectivity index (χ0n) is 7.99. The van der Waals surface area contributed by atoms with Crippen molar-refractivity contribution in [1.82, 2.24) is 0 Å². The van der Waals surface area contributed by atoms with E-state index in [9.17, 15) is 0 Å². The zero-order chi connectivity index (χ0) is 9.26. The van der Waals surface area contributed by atoms with Gasteiger partial charge in [-0.05, 0) is 30.7 Å². The van der Waals surface area contributed by atoms with Crippen molar-refractivity contribution < 1.29 is 0 Å². The van der Waals surface area contributed by atoms with E-state index in [1.54, 1.807) is 0 Å². The number of hydrogen-bond donors (Lipinski definition) is 0. The summed E-state index contributed by atoms with van der Waals surface area (Å²) in [6.45, 7) is 2.12. The highest BCUT2D eigenvalue weighted by atomic mass is 15.1.